The van der Waals surface area contributed by atoms with Crippen LogP contribution in [-0.4, -0.2) is 21.8 Å². The molecule has 0 aliphatic heterocycles. The molecule has 0 spiro atoms. The number of fused-ring (bicyclic) bond motifs is 1. The van der Waals surface area contributed by atoms with Gasteiger partial charge in [-0.3, -0.25) is 9.59 Å². The zero-order chi connectivity index (χ0) is 11.7. The van der Waals surface area contributed by atoms with Gasteiger partial charge in [0.1, 0.15) is 0 Å². The molecule has 0 unspecified atom stereocenters. The zero-order valence-electron chi connectivity index (χ0n) is 8.18. The van der Waals surface area contributed by atoms with E-state index in [0.29, 0.717) is 11.0 Å². The summed E-state index contributed by atoms with van der Waals surface area (Å²) < 4.78 is 0. The molecule has 0 aromatic carbocycles. The van der Waals surface area contributed by atoms with Crippen LogP contribution in [0.4, 0.5) is 0 Å². The van der Waals surface area contributed by atoms with E-state index in [4.69, 9.17) is 11.5 Å². The third-order valence-corrected chi connectivity index (χ3v) is 2.10. The van der Waals surface area contributed by atoms with Gasteiger partial charge in [-0.05, 0) is 12.1 Å². The minimum atomic E-state index is -0.584. The van der Waals surface area contributed by atoms with Crippen LogP contribution in [-0.2, 0) is 0 Å². The Morgan fingerprint density at radius 2 is 1.38 bits per heavy atom. The Bertz CT molecular complexity index is 546. The fourth-order valence-electron chi connectivity index (χ4n) is 1.29. The van der Waals surface area contributed by atoms with Crippen molar-refractivity contribution in [3.63, 3.8) is 0 Å². The number of nitrogens with zero attached hydrogens (tertiary/aromatic N) is 2. The first-order valence-corrected chi connectivity index (χ1v) is 4.43. The Balaban J connectivity index is 2.65. The van der Waals surface area contributed by atoms with E-state index >= 15 is 0 Å². The van der Waals surface area contributed by atoms with Gasteiger partial charge in [0, 0.05) is 17.8 Å². The number of pyridine rings is 2. The molecule has 0 radical (unpaired) electrons. The zero-order valence-corrected chi connectivity index (χ0v) is 8.18. The Kier molecular flexibility index (Phi) is 2.24. The van der Waals surface area contributed by atoms with Gasteiger partial charge in [-0.15, -0.1) is 0 Å². The number of carbonyl (C=O) groups excluding carboxylic acids is 2. The number of primary amides is 2. The molecule has 0 bridgehead atoms. The minimum Gasteiger partial charge on any atom is -0.366 e. The summed E-state index contributed by atoms with van der Waals surface area (Å²) in [4.78, 5) is 29.7. The van der Waals surface area contributed by atoms with E-state index in [9.17, 15) is 9.59 Å². The van der Waals surface area contributed by atoms with Crippen molar-refractivity contribution in [2.75, 3.05) is 0 Å². The van der Waals surface area contributed by atoms with E-state index in [0.717, 1.165) is 0 Å². The van der Waals surface area contributed by atoms with E-state index in [2.05, 4.69) is 9.97 Å². The summed E-state index contributed by atoms with van der Waals surface area (Å²) in [5.74, 6) is -1.17. The van der Waals surface area contributed by atoms with Gasteiger partial charge in [0.25, 0.3) is 0 Å². The Hall–Kier alpha value is -2.50. The van der Waals surface area contributed by atoms with Crippen molar-refractivity contribution >= 4 is 22.8 Å². The first-order valence-electron chi connectivity index (χ1n) is 4.43. The van der Waals surface area contributed by atoms with Crippen LogP contribution in [0.3, 0.4) is 0 Å². The van der Waals surface area contributed by atoms with Crippen molar-refractivity contribution < 1.29 is 9.59 Å². The highest BCUT2D eigenvalue weighted by molar-refractivity contribution is 5.98. The van der Waals surface area contributed by atoms with Crippen molar-refractivity contribution in [2.24, 2.45) is 11.5 Å². The quantitative estimate of drug-likeness (QED) is 0.725. The molecule has 0 aliphatic carbocycles. The van der Waals surface area contributed by atoms with E-state index in [-0.39, 0.29) is 11.1 Å². The summed E-state index contributed by atoms with van der Waals surface area (Å²) in [6.45, 7) is 0. The van der Waals surface area contributed by atoms with Gasteiger partial charge in [-0.1, -0.05) is 0 Å². The molecule has 0 atom stereocenters. The Morgan fingerprint density at radius 3 is 1.75 bits per heavy atom. The monoisotopic (exact) mass is 216 g/mol. The first-order chi connectivity index (χ1) is 7.58. The smallest absolute Gasteiger partial charge is 0.250 e. The molecule has 16 heavy (non-hydrogen) atoms. The average Bonchev–Trinajstić information content (AvgIpc) is 2.27. The van der Waals surface area contributed by atoms with Crippen LogP contribution in [0.1, 0.15) is 20.7 Å². The minimum absolute atomic E-state index is 0.260. The predicted octanol–water partition coefficient (Wildman–Crippen LogP) is -0.172. The number of hydrogen-bond acceptors (Lipinski definition) is 4. The molecule has 0 aliphatic rings. The Labute approximate surface area is 90.3 Å². The van der Waals surface area contributed by atoms with E-state index in [1.54, 1.807) is 0 Å². The second-order valence-corrected chi connectivity index (χ2v) is 3.22. The maximum atomic E-state index is 10.9. The molecule has 6 heteroatoms. The molecular weight excluding hydrogens is 208 g/mol. The van der Waals surface area contributed by atoms with Crippen molar-refractivity contribution in [1.82, 2.24) is 9.97 Å². The van der Waals surface area contributed by atoms with Gasteiger partial charge in [-0.25, -0.2) is 9.97 Å². The topological polar surface area (TPSA) is 112 Å². The van der Waals surface area contributed by atoms with E-state index in [1.807, 2.05) is 0 Å². The highest BCUT2D eigenvalue weighted by Crippen LogP contribution is 2.12. The molecule has 4 N–H and O–H groups in total. The highest BCUT2D eigenvalue weighted by atomic mass is 16.1. The second-order valence-electron chi connectivity index (χ2n) is 3.22. The van der Waals surface area contributed by atoms with Gasteiger partial charge in [0.05, 0.1) is 11.1 Å². The average molecular weight is 216 g/mol. The normalized spacial score (nSPS) is 10.2. The van der Waals surface area contributed by atoms with Crippen LogP contribution in [0.15, 0.2) is 24.5 Å². The molecule has 0 saturated carbocycles. The summed E-state index contributed by atoms with van der Waals surface area (Å²) in [5.41, 5.74) is 11.2. The largest absolute Gasteiger partial charge is 0.366 e. The van der Waals surface area contributed by atoms with Crippen molar-refractivity contribution in [3.05, 3.63) is 35.7 Å². The van der Waals surface area contributed by atoms with Gasteiger partial charge in [0.15, 0.2) is 5.65 Å². The lowest BCUT2D eigenvalue weighted by molar-refractivity contribution is 0.0992. The first kappa shape index (κ1) is 10.0. The molecule has 80 valence electrons. The Morgan fingerprint density at radius 1 is 0.938 bits per heavy atom. The number of nitrogens with two attached hydrogens (primary N) is 2. The number of hydrogen-bond donors (Lipinski definition) is 2. The number of amides is 2. The summed E-state index contributed by atoms with van der Waals surface area (Å²) in [6.07, 6.45) is 2.67. The maximum Gasteiger partial charge on any atom is 0.250 e. The molecule has 2 aromatic heterocycles. The summed E-state index contributed by atoms with van der Waals surface area (Å²) >= 11 is 0. The van der Waals surface area contributed by atoms with Crippen molar-refractivity contribution in [2.45, 2.75) is 0 Å². The molecule has 2 aromatic rings. The summed E-state index contributed by atoms with van der Waals surface area (Å²) in [7, 11) is 0. The van der Waals surface area contributed by atoms with Gasteiger partial charge in [0.2, 0.25) is 11.8 Å². The van der Waals surface area contributed by atoms with E-state index in [1.165, 1.54) is 24.5 Å². The van der Waals surface area contributed by atoms with Crippen molar-refractivity contribution in [1.29, 1.82) is 0 Å². The highest BCUT2D eigenvalue weighted by Gasteiger charge is 2.06. The maximum absolute atomic E-state index is 10.9. The van der Waals surface area contributed by atoms with Gasteiger partial charge >= 0.3 is 0 Å². The summed E-state index contributed by atoms with van der Waals surface area (Å²) in [6, 6.07) is 3.04. The number of rotatable bonds is 2. The SMILES string of the molecule is NC(=O)c1cnc2ncc(C(N)=O)cc2c1. The van der Waals surface area contributed by atoms with Crippen LogP contribution in [0.5, 0.6) is 0 Å². The lowest BCUT2D eigenvalue weighted by Crippen LogP contribution is -2.12. The van der Waals surface area contributed by atoms with Crippen LogP contribution in [0, 0.1) is 0 Å². The van der Waals surface area contributed by atoms with Crippen molar-refractivity contribution in [3.8, 4) is 0 Å². The van der Waals surface area contributed by atoms with Gasteiger partial charge < -0.3 is 11.5 Å². The standard InChI is InChI=1S/C10H8N4O2/c11-8(15)6-1-5-2-7(9(12)16)4-14-10(5)13-3-6/h1-4H,(H2,11,15)(H2,12,16). The van der Waals surface area contributed by atoms with Crippen LogP contribution >= 0.6 is 0 Å². The van der Waals surface area contributed by atoms with Crippen LogP contribution < -0.4 is 11.5 Å². The third kappa shape index (κ3) is 1.68. The van der Waals surface area contributed by atoms with Crippen LogP contribution in [0.2, 0.25) is 0 Å². The molecule has 2 rings (SSSR count). The van der Waals surface area contributed by atoms with E-state index < -0.39 is 11.8 Å². The third-order valence-electron chi connectivity index (χ3n) is 2.10. The lowest BCUT2D eigenvalue weighted by Gasteiger charge is -2.00. The van der Waals surface area contributed by atoms with Gasteiger partial charge in [-0.2, -0.15) is 0 Å². The molecule has 6 nitrogen and oxygen atoms in total. The molecule has 0 fully saturated rings. The number of aromatic nitrogens is 2. The molecule has 2 heterocycles. The fraction of sp³-hybridized carbons (Fsp3) is 0. The number of carbonyl (C=O) groups is 2. The fourth-order valence-corrected chi connectivity index (χ4v) is 1.29. The summed E-state index contributed by atoms with van der Waals surface area (Å²) in [5, 5.41) is 0.549. The predicted molar refractivity (Wildman–Crippen MR) is 56.6 cm³/mol. The molecule has 0 saturated heterocycles. The lowest BCUT2D eigenvalue weighted by atomic mass is 10.1. The van der Waals surface area contributed by atoms with Crippen LogP contribution in [0.25, 0.3) is 11.0 Å². The molecule has 2 amide bonds. The second kappa shape index (κ2) is 3.58. The molecular formula is C10H8N4O2.